The third kappa shape index (κ3) is 4.86. The summed E-state index contributed by atoms with van der Waals surface area (Å²) in [5.41, 5.74) is 1.55. The van der Waals surface area contributed by atoms with Gasteiger partial charge in [0.1, 0.15) is 12.1 Å². The Hall–Kier alpha value is -3.06. The summed E-state index contributed by atoms with van der Waals surface area (Å²) in [6.45, 7) is 3.48. The molecular formula is C22H25N5O2. The van der Waals surface area contributed by atoms with E-state index in [-0.39, 0.29) is 18.0 Å². The number of aromatic nitrogens is 3. The summed E-state index contributed by atoms with van der Waals surface area (Å²) in [7, 11) is 0. The van der Waals surface area contributed by atoms with Gasteiger partial charge in [-0.1, -0.05) is 47.7 Å². The second kappa shape index (κ2) is 8.96. The Labute approximate surface area is 169 Å². The number of nitrogens with one attached hydrogen (secondary N) is 1. The molecule has 1 amide bonds. The molecule has 1 saturated heterocycles. The molecule has 0 bridgehead atoms. The van der Waals surface area contributed by atoms with E-state index in [0.717, 1.165) is 37.2 Å². The van der Waals surface area contributed by atoms with E-state index in [1.165, 1.54) is 5.56 Å². The number of rotatable bonds is 6. The molecule has 1 fully saturated rings. The maximum atomic E-state index is 12.5. The quantitative estimate of drug-likeness (QED) is 0.693. The number of carbonyl (C=O) groups excluding carboxylic acids is 1. The van der Waals surface area contributed by atoms with Crippen molar-refractivity contribution in [3.05, 3.63) is 70.5 Å². The molecular weight excluding hydrogens is 366 g/mol. The number of nitrogens with zero attached hydrogens (tertiary/aromatic N) is 4. The van der Waals surface area contributed by atoms with Crippen LogP contribution in [0.3, 0.4) is 0 Å². The number of fused-ring (bicyclic) bond motifs is 1. The fraction of sp³-hybridized carbons (Fsp3) is 0.364. The molecule has 1 unspecified atom stereocenters. The summed E-state index contributed by atoms with van der Waals surface area (Å²) < 4.78 is 1.13. The standard InChI is InChI=1S/C22H25N5O2/c28-21(16-27-22(29)19-10-4-5-11-20(19)24-25-27)23-13-18-9-6-12-26(15-18)14-17-7-2-1-3-8-17/h1-5,7-8,10-11,18H,6,9,12-16H2,(H,23,28). The van der Waals surface area contributed by atoms with Crippen LogP contribution in [0.2, 0.25) is 0 Å². The van der Waals surface area contributed by atoms with E-state index >= 15 is 0 Å². The van der Waals surface area contributed by atoms with Crippen molar-refractivity contribution >= 4 is 16.8 Å². The van der Waals surface area contributed by atoms with Gasteiger partial charge in [-0.05, 0) is 43.0 Å². The Bertz CT molecular complexity index is 1030. The number of amides is 1. The van der Waals surface area contributed by atoms with Gasteiger partial charge >= 0.3 is 0 Å². The van der Waals surface area contributed by atoms with Gasteiger partial charge in [0, 0.05) is 19.6 Å². The monoisotopic (exact) mass is 391 g/mol. The number of likely N-dealkylation sites (tertiary alicyclic amines) is 1. The maximum absolute atomic E-state index is 12.5. The first-order valence-corrected chi connectivity index (χ1v) is 10.0. The Morgan fingerprint density at radius 3 is 2.76 bits per heavy atom. The van der Waals surface area contributed by atoms with Crippen LogP contribution in [0, 0.1) is 5.92 Å². The summed E-state index contributed by atoms with van der Waals surface area (Å²) in [4.78, 5) is 27.3. The first kappa shape index (κ1) is 19.3. The van der Waals surface area contributed by atoms with Gasteiger partial charge in [0.15, 0.2) is 0 Å². The third-order valence-electron chi connectivity index (χ3n) is 5.36. The Balaban J connectivity index is 1.30. The van der Waals surface area contributed by atoms with Crippen molar-refractivity contribution in [3.8, 4) is 0 Å². The lowest BCUT2D eigenvalue weighted by molar-refractivity contribution is -0.122. The lowest BCUT2D eigenvalue weighted by atomic mass is 9.97. The van der Waals surface area contributed by atoms with Crippen LogP contribution < -0.4 is 10.9 Å². The first-order valence-electron chi connectivity index (χ1n) is 10.0. The molecule has 29 heavy (non-hydrogen) atoms. The van der Waals surface area contributed by atoms with Crippen molar-refractivity contribution in [1.29, 1.82) is 0 Å². The van der Waals surface area contributed by atoms with E-state index in [0.29, 0.717) is 23.4 Å². The molecule has 1 aliphatic rings. The number of hydrogen-bond acceptors (Lipinski definition) is 5. The van der Waals surface area contributed by atoms with E-state index in [4.69, 9.17) is 0 Å². The van der Waals surface area contributed by atoms with Gasteiger partial charge in [0.05, 0.1) is 5.39 Å². The highest BCUT2D eigenvalue weighted by Gasteiger charge is 2.20. The van der Waals surface area contributed by atoms with Crippen LogP contribution >= 0.6 is 0 Å². The van der Waals surface area contributed by atoms with Crippen molar-refractivity contribution in [2.24, 2.45) is 5.92 Å². The fourth-order valence-electron chi connectivity index (χ4n) is 3.88. The average molecular weight is 391 g/mol. The van der Waals surface area contributed by atoms with E-state index < -0.39 is 0 Å². The topological polar surface area (TPSA) is 80.1 Å². The molecule has 7 nitrogen and oxygen atoms in total. The minimum absolute atomic E-state index is 0.114. The molecule has 1 N–H and O–H groups in total. The summed E-state index contributed by atoms with van der Waals surface area (Å²) in [5, 5.41) is 11.3. The van der Waals surface area contributed by atoms with E-state index in [1.807, 2.05) is 6.07 Å². The molecule has 1 aliphatic heterocycles. The van der Waals surface area contributed by atoms with Gasteiger partial charge in [0.2, 0.25) is 5.91 Å². The maximum Gasteiger partial charge on any atom is 0.278 e. The lowest BCUT2D eigenvalue weighted by Gasteiger charge is -2.32. The van der Waals surface area contributed by atoms with Gasteiger partial charge in [-0.2, -0.15) is 0 Å². The Kier molecular flexibility index (Phi) is 5.95. The van der Waals surface area contributed by atoms with Crippen molar-refractivity contribution in [1.82, 2.24) is 25.2 Å². The molecule has 2 heterocycles. The van der Waals surface area contributed by atoms with E-state index in [9.17, 15) is 9.59 Å². The average Bonchev–Trinajstić information content (AvgIpc) is 2.75. The van der Waals surface area contributed by atoms with Crippen LogP contribution in [-0.4, -0.2) is 45.4 Å². The number of benzene rings is 2. The molecule has 1 aromatic heterocycles. The Morgan fingerprint density at radius 2 is 1.90 bits per heavy atom. The minimum atomic E-state index is -0.294. The molecule has 2 aromatic carbocycles. The fourth-order valence-corrected chi connectivity index (χ4v) is 3.88. The smallest absolute Gasteiger partial charge is 0.278 e. The lowest BCUT2D eigenvalue weighted by Crippen LogP contribution is -2.42. The molecule has 150 valence electrons. The van der Waals surface area contributed by atoms with Crippen LogP contribution in [0.5, 0.6) is 0 Å². The second-order valence-corrected chi connectivity index (χ2v) is 7.60. The van der Waals surface area contributed by atoms with Crippen LogP contribution in [0.1, 0.15) is 18.4 Å². The van der Waals surface area contributed by atoms with Crippen LogP contribution in [-0.2, 0) is 17.9 Å². The molecule has 7 heteroatoms. The normalized spacial score (nSPS) is 17.3. The molecule has 0 spiro atoms. The zero-order valence-corrected chi connectivity index (χ0v) is 16.3. The first-order chi connectivity index (χ1) is 14.2. The van der Waals surface area contributed by atoms with Gasteiger partial charge in [-0.25, -0.2) is 4.68 Å². The molecule has 0 radical (unpaired) electrons. The van der Waals surface area contributed by atoms with Gasteiger partial charge in [-0.15, -0.1) is 5.10 Å². The molecule has 4 rings (SSSR count). The zero-order chi connectivity index (χ0) is 20.1. The highest BCUT2D eigenvalue weighted by molar-refractivity contribution is 5.78. The van der Waals surface area contributed by atoms with E-state index in [1.54, 1.807) is 24.3 Å². The molecule has 1 atom stereocenters. The minimum Gasteiger partial charge on any atom is -0.354 e. The second-order valence-electron chi connectivity index (χ2n) is 7.60. The van der Waals surface area contributed by atoms with Gasteiger partial charge < -0.3 is 5.32 Å². The highest BCUT2D eigenvalue weighted by atomic mass is 16.2. The largest absolute Gasteiger partial charge is 0.354 e. The molecule has 0 aliphatic carbocycles. The number of piperidine rings is 1. The SMILES string of the molecule is O=C(Cn1nnc2ccccc2c1=O)NCC1CCCN(Cc2ccccc2)C1. The van der Waals surface area contributed by atoms with Crippen LogP contribution in [0.25, 0.3) is 10.9 Å². The third-order valence-corrected chi connectivity index (χ3v) is 5.36. The molecule has 3 aromatic rings. The summed E-state index contributed by atoms with van der Waals surface area (Å²) in [6.07, 6.45) is 2.23. The predicted molar refractivity (Wildman–Crippen MR) is 111 cm³/mol. The predicted octanol–water partition coefficient (Wildman–Crippen LogP) is 1.82. The van der Waals surface area contributed by atoms with Crippen molar-refractivity contribution in [2.45, 2.75) is 25.9 Å². The summed E-state index contributed by atoms with van der Waals surface area (Å²) >= 11 is 0. The van der Waals surface area contributed by atoms with Gasteiger partial charge in [0.25, 0.3) is 5.56 Å². The van der Waals surface area contributed by atoms with Crippen LogP contribution in [0.15, 0.2) is 59.4 Å². The van der Waals surface area contributed by atoms with Crippen LogP contribution in [0.4, 0.5) is 0 Å². The van der Waals surface area contributed by atoms with Crippen molar-refractivity contribution in [2.75, 3.05) is 19.6 Å². The van der Waals surface area contributed by atoms with E-state index in [2.05, 4.69) is 44.8 Å². The number of hydrogen-bond donors (Lipinski definition) is 1. The summed E-state index contributed by atoms with van der Waals surface area (Å²) in [6, 6.07) is 17.5. The highest BCUT2D eigenvalue weighted by Crippen LogP contribution is 2.18. The van der Waals surface area contributed by atoms with Crippen molar-refractivity contribution < 1.29 is 4.79 Å². The Morgan fingerprint density at radius 1 is 1.10 bits per heavy atom. The number of carbonyl (C=O) groups is 1. The van der Waals surface area contributed by atoms with Gasteiger partial charge in [-0.3, -0.25) is 14.5 Å². The summed E-state index contributed by atoms with van der Waals surface area (Å²) in [5.74, 6) is 0.202. The molecule has 0 saturated carbocycles. The van der Waals surface area contributed by atoms with Crippen molar-refractivity contribution in [3.63, 3.8) is 0 Å². The zero-order valence-electron chi connectivity index (χ0n) is 16.3.